The topological polar surface area (TPSA) is 79.5 Å². The third-order valence-corrected chi connectivity index (χ3v) is 3.92. The van der Waals surface area contributed by atoms with E-state index >= 15 is 0 Å². The Bertz CT molecular complexity index is 804. The molecule has 0 spiro atoms. The molecule has 27 heavy (non-hydrogen) atoms. The Morgan fingerprint density at radius 3 is 2.07 bits per heavy atom. The first kappa shape index (κ1) is 20.4. The van der Waals surface area contributed by atoms with Crippen molar-refractivity contribution in [2.45, 2.75) is 33.3 Å². The van der Waals surface area contributed by atoms with E-state index in [0.717, 1.165) is 12.2 Å². The Hall–Kier alpha value is -2.93. The number of benzene rings is 2. The van der Waals surface area contributed by atoms with Crippen LogP contribution in [0.2, 0.25) is 0 Å². The number of ether oxygens (including phenoxy) is 1. The zero-order valence-corrected chi connectivity index (χ0v) is 16.4. The minimum Gasteiger partial charge on any atom is -0.491 e. The van der Waals surface area contributed by atoms with Gasteiger partial charge in [0.05, 0.1) is 6.10 Å². The molecular weight excluding hydrogens is 362 g/mol. The van der Waals surface area contributed by atoms with E-state index in [0.29, 0.717) is 16.9 Å². The van der Waals surface area contributed by atoms with Crippen LogP contribution in [-0.2, 0) is 4.79 Å². The molecule has 0 saturated carbocycles. The number of rotatable bonds is 6. The molecule has 142 valence electrons. The lowest BCUT2D eigenvalue weighted by Gasteiger charge is -2.13. The highest BCUT2D eigenvalue weighted by atomic mass is 32.1. The van der Waals surface area contributed by atoms with Gasteiger partial charge in [0, 0.05) is 23.9 Å². The van der Waals surface area contributed by atoms with Crippen LogP contribution >= 0.6 is 12.2 Å². The minimum atomic E-state index is -0.239. The Kier molecular flexibility index (Phi) is 7.31. The maximum Gasteiger partial charge on any atom is 0.255 e. The van der Waals surface area contributed by atoms with Crippen molar-refractivity contribution in [1.29, 1.82) is 0 Å². The summed E-state index contributed by atoms with van der Waals surface area (Å²) < 4.78 is 5.71. The molecule has 0 aromatic heterocycles. The predicted molar refractivity (Wildman–Crippen MR) is 111 cm³/mol. The summed E-state index contributed by atoms with van der Waals surface area (Å²) in [7, 11) is 0. The molecule has 2 aromatic carbocycles. The van der Waals surface area contributed by atoms with E-state index in [2.05, 4.69) is 22.9 Å². The SMILES string of the molecule is CC[C@@H](C)Oc1ccc(C(=O)Nc2ccc(NC(=S)NC(C)=O)cc2)cc1. The van der Waals surface area contributed by atoms with Gasteiger partial charge in [0.15, 0.2) is 5.11 Å². The summed E-state index contributed by atoms with van der Waals surface area (Å²) in [6.45, 7) is 5.44. The minimum absolute atomic E-state index is 0.135. The molecule has 0 unspecified atom stereocenters. The van der Waals surface area contributed by atoms with Crippen LogP contribution in [0.25, 0.3) is 0 Å². The summed E-state index contributed by atoms with van der Waals surface area (Å²) in [4.78, 5) is 23.3. The zero-order valence-electron chi connectivity index (χ0n) is 15.5. The Morgan fingerprint density at radius 1 is 1.00 bits per heavy atom. The van der Waals surface area contributed by atoms with E-state index in [1.807, 2.05) is 6.92 Å². The number of hydrogen-bond acceptors (Lipinski definition) is 4. The lowest BCUT2D eigenvalue weighted by molar-refractivity contribution is -0.117. The maximum atomic E-state index is 12.4. The molecule has 0 radical (unpaired) electrons. The molecule has 2 aromatic rings. The van der Waals surface area contributed by atoms with E-state index in [4.69, 9.17) is 17.0 Å². The fourth-order valence-electron chi connectivity index (χ4n) is 2.16. The maximum absolute atomic E-state index is 12.4. The van der Waals surface area contributed by atoms with Gasteiger partial charge in [0.2, 0.25) is 5.91 Å². The van der Waals surface area contributed by atoms with Crippen LogP contribution in [0.3, 0.4) is 0 Å². The molecule has 6 nitrogen and oxygen atoms in total. The van der Waals surface area contributed by atoms with Crippen molar-refractivity contribution in [3.8, 4) is 5.75 Å². The van der Waals surface area contributed by atoms with Crippen molar-refractivity contribution in [1.82, 2.24) is 5.32 Å². The van der Waals surface area contributed by atoms with Crippen molar-refractivity contribution < 1.29 is 14.3 Å². The van der Waals surface area contributed by atoms with Crippen molar-refractivity contribution in [3.63, 3.8) is 0 Å². The second-order valence-electron chi connectivity index (χ2n) is 6.03. The fourth-order valence-corrected chi connectivity index (χ4v) is 2.42. The normalized spacial score (nSPS) is 11.2. The Balaban J connectivity index is 1.93. The third-order valence-electron chi connectivity index (χ3n) is 3.72. The van der Waals surface area contributed by atoms with E-state index in [-0.39, 0.29) is 23.0 Å². The summed E-state index contributed by atoms with van der Waals surface area (Å²) in [6.07, 6.45) is 1.05. The molecule has 0 heterocycles. The van der Waals surface area contributed by atoms with Crippen molar-refractivity contribution in [2.24, 2.45) is 0 Å². The van der Waals surface area contributed by atoms with Gasteiger partial charge in [0.1, 0.15) is 5.75 Å². The number of anilines is 2. The first-order valence-corrected chi connectivity index (χ1v) is 9.05. The average Bonchev–Trinajstić information content (AvgIpc) is 2.63. The van der Waals surface area contributed by atoms with Gasteiger partial charge in [-0.1, -0.05) is 6.92 Å². The molecule has 7 heteroatoms. The van der Waals surface area contributed by atoms with Crippen LogP contribution in [0, 0.1) is 0 Å². The second kappa shape index (κ2) is 9.68. The van der Waals surface area contributed by atoms with Crippen LogP contribution in [0.5, 0.6) is 5.75 Å². The van der Waals surface area contributed by atoms with Gasteiger partial charge in [-0.05, 0) is 74.1 Å². The van der Waals surface area contributed by atoms with Gasteiger partial charge >= 0.3 is 0 Å². The highest BCUT2D eigenvalue weighted by Gasteiger charge is 2.08. The smallest absolute Gasteiger partial charge is 0.255 e. The quantitative estimate of drug-likeness (QED) is 0.656. The molecule has 0 aliphatic rings. The van der Waals surface area contributed by atoms with Gasteiger partial charge in [-0.15, -0.1) is 0 Å². The molecular formula is C20H23N3O3S. The molecule has 0 saturated heterocycles. The van der Waals surface area contributed by atoms with Gasteiger partial charge in [-0.2, -0.15) is 0 Å². The van der Waals surface area contributed by atoms with Gasteiger partial charge in [-0.3, -0.25) is 9.59 Å². The Labute approximate surface area is 164 Å². The van der Waals surface area contributed by atoms with Gasteiger partial charge in [-0.25, -0.2) is 0 Å². The number of thiocarbonyl (C=S) groups is 1. The van der Waals surface area contributed by atoms with E-state index < -0.39 is 0 Å². The summed E-state index contributed by atoms with van der Waals surface area (Å²) in [5.41, 5.74) is 1.90. The van der Waals surface area contributed by atoms with Crippen LogP contribution in [0.4, 0.5) is 11.4 Å². The third kappa shape index (κ3) is 6.71. The number of hydrogen-bond donors (Lipinski definition) is 3. The van der Waals surface area contributed by atoms with E-state index in [1.165, 1.54) is 6.92 Å². The second-order valence-corrected chi connectivity index (χ2v) is 6.44. The molecule has 2 amide bonds. The summed E-state index contributed by atoms with van der Waals surface area (Å²) in [6, 6.07) is 14.0. The fraction of sp³-hybridized carbons (Fsp3) is 0.250. The molecule has 2 rings (SSSR count). The van der Waals surface area contributed by atoms with Crippen molar-refractivity contribution in [3.05, 3.63) is 54.1 Å². The first-order chi connectivity index (χ1) is 12.9. The van der Waals surface area contributed by atoms with E-state index in [1.54, 1.807) is 48.5 Å². The summed E-state index contributed by atoms with van der Waals surface area (Å²) in [5.74, 6) is 0.294. The molecule has 3 N–H and O–H groups in total. The van der Waals surface area contributed by atoms with Crippen LogP contribution in [0.15, 0.2) is 48.5 Å². The highest BCUT2D eigenvalue weighted by Crippen LogP contribution is 2.17. The van der Waals surface area contributed by atoms with Crippen LogP contribution < -0.4 is 20.7 Å². The molecule has 0 aliphatic carbocycles. The summed E-state index contributed by atoms with van der Waals surface area (Å²) >= 11 is 5.00. The monoisotopic (exact) mass is 385 g/mol. The first-order valence-electron chi connectivity index (χ1n) is 8.64. The largest absolute Gasteiger partial charge is 0.491 e. The highest BCUT2D eigenvalue weighted by molar-refractivity contribution is 7.80. The molecule has 0 aliphatic heterocycles. The average molecular weight is 385 g/mol. The molecule has 1 atom stereocenters. The summed E-state index contributed by atoms with van der Waals surface area (Å²) in [5, 5.41) is 8.42. The van der Waals surface area contributed by atoms with Crippen molar-refractivity contribution >= 4 is 40.5 Å². The van der Waals surface area contributed by atoms with Crippen LogP contribution in [-0.4, -0.2) is 23.0 Å². The standard InChI is InChI=1S/C20H23N3O3S/c1-4-13(2)26-18-11-5-15(6-12-18)19(25)22-16-7-9-17(10-8-16)23-20(27)21-14(3)24/h5-13H,4H2,1-3H3,(H,22,25)(H2,21,23,24,27)/t13-/m1/s1. The number of carbonyl (C=O) groups is 2. The lowest BCUT2D eigenvalue weighted by Crippen LogP contribution is -2.32. The van der Waals surface area contributed by atoms with E-state index in [9.17, 15) is 9.59 Å². The molecule has 0 bridgehead atoms. The predicted octanol–water partition coefficient (Wildman–Crippen LogP) is 3.95. The lowest BCUT2D eigenvalue weighted by atomic mass is 10.2. The molecule has 0 fully saturated rings. The zero-order chi connectivity index (χ0) is 19.8. The van der Waals surface area contributed by atoms with Crippen LogP contribution in [0.1, 0.15) is 37.6 Å². The van der Waals surface area contributed by atoms with Gasteiger partial charge in [0.25, 0.3) is 5.91 Å². The number of carbonyl (C=O) groups excluding carboxylic acids is 2. The van der Waals surface area contributed by atoms with Gasteiger partial charge < -0.3 is 20.7 Å². The number of amides is 2. The van der Waals surface area contributed by atoms with Crippen molar-refractivity contribution in [2.75, 3.05) is 10.6 Å². The Morgan fingerprint density at radius 2 is 1.56 bits per heavy atom. The number of nitrogens with one attached hydrogen (secondary N) is 3.